The molecule has 0 heterocycles. The van der Waals surface area contributed by atoms with E-state index < -0.39 is 10.1 Å². The Morgan fingerprint density at radius 3 is 1.85 bits per heavy atom. The molecule has 1 aromatic rings. The molecule has 0 saturated heterocycles. The zero-order valence-corrected chi connectivity index (χ0v) is 19.0. The van der Waals surface area contributed by atoms with Gasteiger partial charge in [0.05, 0.1) is 44.5 Å². The largest absolute Gasteiger partial charge is 0.379 e. The maximum Gasteiger partial charge on any atom is 0.297 e. The van der Waals surface area contributed by atoms with E-state index in [2.05, 4.69) is 22.6 Å². The number of unbranched alkanes of at least 4 members (excludes halogenated alkanes) is 3. The van der Waals surface area contributed by atoms with E-state index >= 15 is 0 Å². The van der Waals surface area contributed by atoms with Gasteiger partial charge in [-0.05, 0) is 36.3 Å². The predicted molar refractivity (Wildman–Crippen MR) is 114 cm³/mol. The highest BCUT2D eigenvalue weighted by Crippen LogP contribution is 2.12. The zero-order valence-electron chi connectivity index (χ0n) is 16.0. The van der Waals surface area contributed by atoms with E-state index in [1.807, 2.05) is 6.92 Å². The average molecular weight is 514 g/mol. The fraction of sp³-hybridized carbons (Fsp3) is 0.684. The third-order valence-corrected chi connectivity index (χ3v) is 5.78. The molecule has 8 heteroatoms. The Morgan fingerprint density at radius 2 is 1.26 bits per heavy atom. The van der Waals surface area contributed by atoms with Crippen molar-refractivity contribution in [3.05, 3.63) is 29.8 Å². The molecule has 0 bridgehead atoms. The van der Waals surface area contributed by atoms with Gasteiger partial charge in [0.25, 0.3) is 10.1 Å². The Bertz CT molecular complexity index is 576. The molecule has 0 aliphatic rings. The van der Waals surface area contributed by atoms with Crippen LogP contribution < -0.4 is 0 Å². The molecule has 0 aliphatic heterocycles. The number of alkyl halides is 1. The summed E-state index contributed by atoms with van der Waals surface area (Å²) in [6.45, 7) is 4.83. The van der Waals surface area contributed by atoms with Gasteiger partial charge in [-0.1, -0.05) is 53.1 Å². The first-order valence-corrected chi connectivity index (χ1v) is 12.2. The third-order valence-electron chi connectivity index (χ3n) is 3.69. The van der Waals surface area contributed by atoms with Crippen molar-refractivity contribution in [3.8, 4) is 0 Å². The van der Waals surface area contributed by atoms with Gasteiger partial charge in [0, 0.05) is 6.61 Å². The van der Waals surface area contributed by atoms with Crippen LogP contribution >= 0.6 is 22.6 Å². The summed E-state index contributed by atoms with van der Waals surface area (Å²) < 4.78 is 46.3. The molecule has 1 rings (SSSR count). The van der Waals surface area contributed by atoms with Crippen LogP contribution in [0.2, 0.25) is 0 Å². The number of ether oxygens (including phenoxy) is 3. The topological polar surface area (TPSA) is 71.1 Å². The lowest BCUT2D eigenvalue weighted by Crippen LogP contribution is -2.14. The Kier molecular flexibility index (Phi) is 14.4. The molecule has 6 nitrogen and oxygen atoms in total. The van der Waals surface area contributed by atoms with Gasteiger partial charge in [-0.2, -0.15) is 8.42 Å². The number of hydrogen-bond acceptors (Lipinski definition) is 6. The van der Waals surface area contributed by atoms with Crippen LogP contribution in [0.5, 0.6) is 0 Å². The van der Waals surface area contributed by atoms with Crippen molar-refractivity contribution >= 4 is 32.7 Å². The summed E-state index contributed by atoms with van der Waals surface area (Å²) in [5.74, 6) is 0. The minimum absolute atomic E-state index is 0.0170. The monoisotopic (exact) mass is 514 g/mol. The molecule has 0 fully saturated rings. The van der Waals surface area contributed by atoms with Crippen LogP contribution in [0.25, 0.3) is 0 Å². The number of hydrogen-bond donors (Lipinski definition) is 0. The minimum Gasteiger partial charge on any atom is -0.379 e. The summed E-state index contributed by atoms with van der Waals surface area (Å²) in [5, 5.41) is 0. The smallest absolute Gasteiger partial charge is 0.297 e. The summed E-state index contributed by atoms with van der Waals surface area (Å²) >= 11 is 2.40. The van der Waals surface area contributed by atoms with Gasteiger partial charge in [0.15, 0.2) is 0 Å². The van der Waals surface area contributed by atoms with Crippen LogP contribution in [0.1, 0.15) is 31.2 Å². The van der Waals surface area contributed by atoms with Crippen molar-refractivity contribution in [2.24, 2.45) is 0 Å². The standard InChI is InChI=1S/C19H31IO6S/c1-18-6-8-19(9-7-18)27(21,22)26-17-16-25-15-14-24-13-12-23-11-5-3-2-4-10-20/h6-9H,2-5,10-17H2,1H3. The highest BCUT2D eigenvalue weighted by molar-refractivity contribution is 14.1. The van der Waals surface area contributed by atoms with Crippen LogP contribution in [0.4, 0.5) is 0 Å². The van der Waals surface area contributed by atoms with E-state index in [0.29, 0.717) is 26.4 Å². The maximum atomic E-state index is 12.0. The molecule has 1 aromatic carbocycles. The van der Waals surface area contributed by atoms with E-state index in [0.717, 1.165) is 18.6 Å². The highest BCUT2D eigenvalue weighted by Gasteiger charge is 2.14. The second-order valence-electron chi connectivity index (χ2n) is 6.03. The molecular formula is C19H31IO6S. The lowest BCUT2D eigenvalue weighted by Gasteiger charge is -2.08. The summed E-state index contributed by atoms with van der Waals surface area (Å²) in [4.78, 5) is 0.154. The first-order valence-electron chi connectivity index (χ1n) is 9.31. The molecule has 0 unspecified atom stereocenters. The molecule has 0 saturated carbocycles. The minimum atomic E-state index is -3.72. The fourth-order valence-electron chi connectivity index (χ4n) is 2.17. The molecule has 0 aromatic heterocycles. The Labute approximate surface area is 177 Å². The molecule has 27 heavy (non-hydrogen) atoms. The number of aryl methyl sites for hydroxylation is 1. The van der Waals surface area contributed by atoms with Gasteiger partial charge in [-0.25, -0.2) is 0 Å². The van der Waals surface area contributed by atoms with Crippen molar-refractivity contribution in [3.63, 3.8) is 0 Å². The average Bonchev–Trinajstić information content (AvgIpc) is 2.65. The number of rotatable bonds is 17. The van der Waals surface area contributed by atoms with E-state index in [4.69, 9.17) is 18.4 Å². The van der Waals surface area contributed by atoms with Crippen LogP contribution in [-0.2, 0) is 28.5 Å². The molecule has 0 radical (unpaired) electrons. The molecule has 156 valence electrons. The number of benzene rings is 1. The fourth-order valence-corrected chi connectivity index (χ4v) is 3.60. The van der Waals surface area contributed by atoms with Crippen LogP contribution in [0.3, 0.4) is 0 Å². The van der Waals surface area contributed by atoms with E-state index in [9.17, 15) is 8.42 Å². The van der Waals surface area contributed by atoms with Crippen molar-refractivity contribution in [2.45, 2.75) is 37.5 Å². The summed E-state index contributed by atoms with van der Waals surface area (Å²) in [5.41, 5.74) is 0.995. The van der Waals surface area contributed by atoms with Gasteiger partial charge >= 0.3 is 0 Å². The Balaban J connectivity index is 1.91. The third kappa shape index (κ3) is 12.7. The van der Waals surface area contributed by atoms with Gasteiger partial charge in [0.1, 0.15) is 0 Å². The summed E-state index contributed by atoms with van der Waals surface area (Å²) in [6, 6.07) is 6.54. The van der Waals surface area contributed by atoms with Crippen LogP contribution in [0, 0.1) is 6.92 Å². The van der Waals surface area contributed by atoms with Crippen LogP contribution in [0.15, 0.2) is 29.2 Å². The van der Waals surface area contributed by atoms with E-state index in [-0.39, 0.29) is 18.1 Å². The normalized spacial score (nSPS) is 11.8. The van der Waals surface area contributed by atoms with Crippen LogP contribution in [-0.4, -0.2) is 59.1 Å². The van der Waals surface area contributed by atoms with Crippen molar-refractivity contribution in [1.29, 1.82) is 0 Å². The summed E-state index contributed by atoms with van der Waals surface area (Å²) in [7, 11) is -3.72. The second kappa shape index (κ2) is 15.6. The molecule has 0 amide bonds. The quantitative estimate of drug-likeness (QED) is 0.137. The Morgan fingerprint density at radius 1 is 0.741 bits per heavy atom. The van der Waals surface area contributed by atoms with Gasteiger partial charge in [-0.15, -0.1) is 0 Å². The second-order valence-corrected chi connectivity index (χ2v) is 8.72. The highest BCUT2D eigenvalue weighted by atomic mass is 127. The SMILES string of the molecule is Cc1ccc(S(=O)(=O)OCCOCCOCCOCCCCCCI)cc1. The molecule has 0 atom stereocenters. The zero-order chi connectivity index (χ0) is 19.8. The lowest BCUT2D eigenvalue weighted by atomic mass is 10.2. The summed E-state index contributed by atoms with van der Waals surface area (Å²) in [6.07, 6.45) is 4.88. The molecule has 0 aliphatic carbocycles. The first kappa shape index (κ1) is 24.8. The molecule has 0 spiro atoms. The molecular weight excluding hydrogens is 483 g/mol. The first-order chi connectivity index (χ1) is 13.1. The van der Waals surface area contributed by atoms with Gasteiger partial charge in [0.2, 0.25) is 0 Å². The van der Waals surface area contributed by atoms with Crippen molar-refractivity contribution < 1.29 is 26.8 Å². The molecule has 0 N–H and O–H groups in total. The van der Waals surface area contributed by atoms with Gasteiger partial charge < -0.3 is 14.2 Å². The lowest BCUT2D eigenvalue weighted by molar-refractivity contribution is 0.00913. The van der Waals surface area contributed by atoms with E-state index in [1.165, 1.54) is 35.8 Å². The van der Waals surface area contributed by atoms with Gasteiger partial charge in [-0.3, -0.25) is 4.18 Å². The van der Waals surface area contributed by atoms with Crippen molar-refractivity contribution in [2.75, 3.05) is 50.7 Å². The van der Waals surface area contributed by atoms with E-state index in [1.54, 1.807) is 12.1 Å². The number of halogens is 1. The Hall–Kier alpha value is -0.260. The van der Waals surface area contributed by atoms with Crippen molar-refractivity contribution in [1.82, 2.24) is 0 Å². The predicted octanol–water partition coefficient (Wildman–Crippen LogP) is 3.75. The maximum absolute atomic E-state index is 12.0.